The van der Waals surface area contributed by atoms with Crippen LogP contribution in [-0.2, 0) is 10.0 Å². The minimum Gasteiger partial charge on any atom is -0.300 e. The summed E-state index contributed by atoms with van der Waals surface area (Å²) < 4.78 is 27.5. The lowest BCUT2D eigenvalue weighted by Crippen LogP contribution is -2.49. The fourth-order valence-corrected chi connectivity index (χ4v) is 5.00. The fourth-order valence-electron chi connectivity index (χ4n) is 2.61. The van der Waals surface area contributed by atoms with Crippen LogP contribution < -0.4 is 0 Å². The molecule has 0 N–H and O–H groups in total. The van der Waals surface area contributed by atoms with Crippen molar-refractivity contribution in [1.82, 2.24) is 9.21 Å². The van der Waals surface area contributed by atoms with Gasteiger partial charge in [0.2, 0.25) is 10.0 Å². The van der Waals surface area contributed by atoms with E-state index in [-0.39, 0.29) is 0 Å². The van der Waals surface area contributed by atoms with E-state index in [9.17, 15) is 8.42 Å². The molecule has 6 heteroatoms. The van der Waals surface area contributed by atoms with Crippen molar-refractivity contribution in [3.05, 3.63) is 28.7 Å². The van der Waals surface area contributed by atoms with E-state index in [4.69, 9.17) is 0 Å². The summed E-state index contributed by atoms with van der Waals surface area (Å²) in [5.41, 5.74) is 0. The first-order valence-corrected chi connectivity index (χ1v) is 9.28. The molecule has 0 radical (unpaired) electrons. The maximum atomic E-state index is 12.6. The highest BCUT2D eigenvalue weighted by atomic mass is 79.9. The molecule has 0 bridgehead atoms. The highest BCUT2D eigenvalue weighted by Crippen LogP contribution is 2.30. The van der Waals surface area contributed by atoms with Crippen LogP contribution in [0.3, 0.4) is 0 Å². The molecule has 20 heavy (non-hydrogen) atoms. The molecule has 1 aliphatic heterocycles. The van der Waals surface area contributed by atoms with Gasteiger partial charge in [-0.3, -0.25) is 0 Å². The Balaban J connectivity index is 1.68. The molecule has 0 amide bonds. The van der Waals surface area contributed by atoms with Gasteiger partial charge in [-0.05, 0) is 46.8 Å². The summed E-state index contributed by atoms with van der Waals surface area (Å²) in [6.07, 6.45) is 2.69. The average molecular weight is 359 g/mol. The molecule has 0 spiro atoms. The molecule has 1 aliphatic carbocycles. The Morgan fingerprint density at radius 2 is 1.75 bits per heavy atom. The molecule has 2 aliphatic rings. The van der Waals surface area contributed by atoms with Gasteiger partial charge in [-0.25, -0.2) is 8.42 Å². The maximum Gasteiger partial charge on any atom is 0.244 e. The van der Waals surface area contributed by atoms with E-state index >= 15 is 0 Å². The van der Waals surface area contributed by atoms with E-state index < -0.39 is 10.0 Å². The standard InChI is InChI=1S/C14H19BrN2O2S/c15-13-3-1-2-4-14(13)20(18,19)17-9-7-16(8-10-17)11-12-5-6-12/h1-4,12H,5-11H2. The normalized spacial score (nSPS) is 22.1. The Kier molecular flexibility index (Phi) is 4.17. The molecule has 0 atom stereocenters. The minimum absolute atomic E-state index is 0.371. The number of nitrogens with zero attached hydrogens (tertiary/aromatic N) is 2. The van der Waals surface area contributed by atoms with E-state index in [0.717, 1.165) is 25.6 Å². The second-order valence-corrected chi connectivity index (χ2v) is 8.34. The first-order chi connectivity index (χ1) is 9.57. The van der Waals surface area contributed by atoms with Gasteiger partial charge in [-0.1, -0.05) is 12.1 Å². The topological polar surface area (TPSA) is 40.6 Å². The summed E-state index contributed by atoms with van der Waals surface area (Å²) >= 11 is 3.34. The van der Waals surface area contributed by atoms with Crippen LogP contribution in [0.15, 0.2) is 33.6 Å². The summed E-state index contributed by atoms with van der Waals surface area (Å²) in [6.45, 7) is 4.02. The number of halogens is 1. The minimum atomic E-state index is -3.37. The molecular formula is C14H19BrN2O2S. The summed E-state index contributed by atoms with van der Waals surface area (Å²) in [5.74, 6) is 0.862. The van der Waals surface area contributed by atoms with Crippen LogP contribution in [0.25, 0.3) is 0 Å². The molecule has 0 unspecified atom stereocenters. The number of hydrogen-bond donors (Lipinski definition) is 0. The second-order valence-electron chi connectivity index (χ2n) is 5.58. The van der Waals surface area contributed by atoms with Gasteiger partial charge < -0.3 is 4.90 Å². The third kappa shape index (κ3) is 3.08. The molecule has 4 nitrogen and oxygen atoms in total. The van der Waals surface area contributed by atoms with Gasteiger partial charge in [-0.15, -0.1) is 0 Å². The van der Waals surface area contributed by atoms with E-state index in [0.29, 0.717) is 22.5 Å². The zero-order chi connectivity index (χ0) is 14.2. The molecule has 1 heterocycles. The summed E-state index contributed by atoms with van der Waals surface area (Å²) in [4.78, 5) is 2.76. The molecule has 3 rings (SSSR count). The lowest BCUT2D eigenvalue weighted by atomic mass is 10.3. The van der Waals surface area contributed by atoms with Crippen LogP contribution >= 0.6 is 15.9 Å². The van der Waals surface area contributed by atoms with Gasteiger partial charge in [0.05, 0.1) is 4.90 Å². The first-order valence-electron chi connectivity index (χ1n) is 7.04. The summed E-state index contributed by atoms with van der Waals surface area (Å²) in [6, 6.07) is 7.03. The van der Waals surface area contributed by atoms with Crippen molar-refractivity contribution in [3.8, 4) is 0 Å². The van der Waals surface area contributed by atoms with Gasteiger partial charge in [0.15, 0.2) is 0 Å². The van der Waals surface area contributed by atoms with Crippen molar-refractivity contribution in [2.24, 2.45) is 5.92 Å². The predicted molar refractivity (Wildman–Crippen MR) is 82.1 cm³/mol. The number of hydrogen-bond acceptors (Lipinski definition) is 3. The van der Waals surface area contributed by atoms with E-state index in [1.54, 1.807) is 22.5 Å². The van der Waals surface area contributed by atoms with Gasteiger partial charge in [0.25, 0.3) is 0 Å². The van der Waals surface area contributed by atoms with Crippen LogP contribution in [0.1, 0.15) is 12.8 Å². The van der Waals surface area contributed by atoms with Crippen molar-refractivity contribution < 1.29 is 8.42 Å². The van der Waals surface area contributed by atoms with Crippen LogP contribution in [0.2, 0.25) is 0 Å². The van der Waals surface area contributed by atoms with Gasteiger partial charge in [0, 0.05) is 37.2 Å². The van der Waals surface area contributed by atoms with Crippen LogP contribution in [0, 0.1) is 5.92 Å². The molecule has 110 valence electrons. The number of rotatable bonds is 4. The smallest absolute Gasteiger partial charge is 0.244 e. The number of sulfonamides is 1. The SMILES string of the molecule is O=S(=O)(c1ccccc1Br)N1CCN(CC2CC2)CC1. The molecule has 1 saturated heterocycles. The monoisotopic (exact) mass is 358 g/mol. The molecule has 1 aromatic carbocycles. The number of piperazine rings is 1. The third-order valence-electron chi connectivity index (χ3n) is 4.00. The van der Waals surface area contributed by atoms with Crippen LogP contribution in [0.4, 0.5) is 0 Å². The maximum absolute atomic E-state index is 12.6. The van der Waals surface area contributed by atoms with Crippen molar-refractivity contribution >= 4 is 26.0 Å². The Morgan fingerprint density at radius 1 is 1.10 bits per heavy atom. The Bertz CT molecular complexity index is 579. The van der Waals surface area contributed by atoms with Crippen molar-refractivity contribution in [3.63, 3.8) is 0 Å². The molecule has 2 fully saturated rings. The third-order valence-corrected chi connectivity index (χ3v) is 6.91. The quantitative estimate of drug-likeness (QED) is 0.827. The van der Waals surface area contributed by atoms with E-state index in [2.05, 4.69) is 20.8 Å². The lowest BCUT2D eigenvalue weighted by molar-refractivity contribution is 0.182. The molecule has 0 aromatic heterocycles. The van der Waals surface area contributed by atoms with Crippen molar-refractivity contribution in [2.75, 3.05) is 32.7 Å². The summed E-state index contributed by atoms with van der Waals surface area (Å²) in [7, 11) is -3.37. The fraction of sp³-hybridized carbons (Fsp3) is 0.571. The van der Waals surface area contributed by atoms with Gasteiger partial charge in [-0.2, -0.15) is 4.31 Å². The molecule has 1 saturated carbocycles. The zero-order valence-electron chi connectivity index (χ0n) is 11.3. The second kappa shape index (κ2) is 5.75. The lowest BCUT2D eigenvalue weighted by Gasteiger charge is -2.34. The first kappa shape index (κ1) is 14.5. The Labute approximate surface area is 128 Å². The van der Waals surface area contributed by atoms with Crippen LogP contribution in [-0.4, -0.2) is 50.3 Å². The Hall–Kier alpha value is -0.430. The van der Waals surface area contributed by atoms with Crippen molar-refractivity contribution in [1.29, 1.82) is 0 Å². The van der Waals surface area contributed by atoms with E-state index in [1.165, 1.54) is 12.8 Å². The average Bonchev–Trinajstić information content (AvgIpc) is 3.24. The summed E-state index contributed by atoms with van der Waals surface area (Å²) in [5, 5.41) is 0. The molecule has 1 aromatic rings. The van der Waals surface area contributed by atoms with Gasteiger partial charge in [0.1, 0.15) is 0 Å². The van der Waals surface area contributed by atoms with Crippen LogP contribution in [0.5, 0.6) is 0 Å². The van der Waals surface area contributed by atoms with Gasteiger partial charge >= 0.3 is 0 Å². The number of benzene rings is 1. The van der Waals surface area contributed by atoms with Crippen molar-refractivity contribution in [2.45, 2.75) is 17.7 Å². The highest BCUT2D eigenvalue weighted by molar-refractivity contribution is 9.10. The van der Waals surface area contributed by atoms with E-state index in [1.807, 2.05) is 6.07 Å². The highest BCUT2D eigenvalue weighted by Gasteiger charge is 2.31. The zero-order valence-corrected chi connectivity index (χ0v) is 13.7. The Morgan fingerprint density at radius 3 is 2.35 bits per heavy atom. The molecular weight excluding hydrogens is 340 g/mol. The predicted octanol–water partition coefficient (Wildman–Crippen LogP) is 2.17. The largest absolute Gasteiger partial charge is 0.300 e.